The first-order valence-corrected chi connectivity index (χ1v) is 7.12. The van der Waals surface area contributed by atoms with Crippen LogP contribution in [0.15, 0.2) is 53.9 Å². The molecule has 0 atom stereocenters. The first kappa shape index (κ1) is 13.9. The van der Waals surface area contributed by atoms with E-state index in [1.165, 1.54) is 18.3 Å². The zero-order valence-electron chi connectivity index (χ0n) is 12.3. The van der Waals surface area contributed by atoms with Crippen molar-refractivity contribution in [1.82, 2.24) is 19.6 Å². The molecule has 2 heterocycles. The first-order chi connectivity index (χ1) is 11.7. The molecule has 24 heavy (non-hydrogen) atoms. The summed E-state index contributed by atoms with van der Waals surface area (Å²) >= 11 is 0. The molecule has 3 N–H and O–H groups in total. The van der Waals surface area contributed by atoms with Crippen LogP contribution >= 0.6 is 0 Å². The number of nitrogens with one attached hydrogen (secondary N) is 1. The third-order valence-corrected chi connectivity index (χ3v) is 3.52. The average Bonchev–Trinajstić information content (AvgIpc) is 3.07. The van der Waals surface area contributed by atoms with Crippen LogP contribution in [0.3, 0.4) is 0 Å². The highest BCUT2D eigenvalue weighted by Crippen LogP contribution is 2.22. The number of hydrogen-bond acceptors (Lipinski definition) is 7. The number of phenols is 2. The number of benzene rings is 2. The summed E-state index contributed by atoms with van der Waals surface area (Å²) in [6, 6.07) is 11.9. The maximum absolute atomic E-state index is 9.75. The Morgan fingerprint density at radius 2 is 2.00 bits per heavy atom. The number of nitrogens with zero attached hydrogens (tertiary/aromatic N) is 5. The number of fused-ring (bicyclic) bond motifs is 3. The van der Waals surface area contributed by atoms with E-state index in [0.717, 1.165) is 11.0 Å². The van der Waals surface area contributed by atoms with E-state index in [9.17, 15) is 10.2 Å². The lowest BCUT2D eigenvalue weighted by atomic mass is 10.2. The highest BCUT2D eigenvalue weighted by atomic mass is 16.3. The van der Waals surface area contributed by atoms with Crippen molar-refractivity contribution in [1.29, 1.82) is 0 Å². The maximum Gasteiger partial charge on any atom is 0.205 e. The molecule has 8 nitrogen and oxygen atoms in total. The van der Waals surface area contributed by atoms with E-state index < -0.39 is 0 Å². The van der Waals surface area contributed by atoms with Crippen molar-refractivity contribution in [2.45, 2.75) is 0 Å². The normalized spacial score (nSPS) is 11.5. The fraction of sp³-hybridized carbons (Fsp3) is 0. The minimum Gasteiger partial charge on any atom is -0.508 e. The highest BCUT2D eigenvalue weighted by Gasteiger charge is 2.09. The molecule has 0 aliphatic heterocycles. The monoisotopic (exact) mass is 320 g/mol. The van der Waals surface area contributed by atoms with E-state index >= 15 is 0 Å². The summed E-state index contributed by atoms with van der Waals surface area (Å²) in [7, 11) is 0. The molecule has 8 heteroatoms. The van der Waals surface area contributed by atoms with E-state index in [4.69, 9.17) is 0 Å². The van der Waals surface area contributed by atoms with Gasteiger partial charge in [-0.25, -0.2) is 4.98 Å². The summed E-state index contributed by atoms with van der Waals surface area (Å²) < 4.78 is 1.82. The summed E-state index contributed by atoms with van der Waals surface area (Å²) in [5.74, 6) is 0.360. The molecule has 0 saturated heterocycles. The Bertz CT molecular complexity index is 1070. The van der Waals surface area contributed by atoms with Gasteiger partial charge >= 0.3 is 0 Å². The topological polar surface area (TPSA) is 108 Å². The van der Waals surface area contributed by atoms with Gasteiger partial charge in [-0.1, -0.05) is 12.1 Å². The van der Waals surface area contributed by atoms with Crippen LogP contribution in [0.5, 0.6) is 11.5 Å². The van der Waals surface area contributed by atoms with E-state index in [1.807, 2.05) is 28.7 Å². The fourth-order valence-electron chi connectivity index (χ4n) is 2.38. The minimum atomic E-state index is -0.0698. The predicted molar refractivity (Wildman–Crippen MR) is 89.3 cm³/mol. The molecule has 0 unspecified atom stereocenters. The van der Waals surface area contributed by atoms with Gasteiger partial charge < -0.3 is 10.2 Å². The van der Waals surface area contributed by atoms with Crippen LogP contribution in [0, 0.1) is 0 Å². The standard InChI is InChI=1S/C16H12N6O2/c23-11-6-5-10(14(24)7-11)8-17-20-15-16-21-18-9-22(16)13-4-2-1-3-12(13)19-15/h1-9,23-24H,(H,19,20)/b17-8+. The van der Waals surface area contributed by atoms with Crippen molar-refractivity contribution in [2.24, 2.45) is 5.10 Å². The molecule has 0 bridgehead atoms. The number of hydrazone groups is 1. The Morgan fingerprint density at radius 3 is 2.88 bits per heavy atom. The smallest absolute Gasteiger partial charge is 0.205 e. The van der Waals surface area contributed by atoms with Gasteiger partial charge in [-0.05, 0) is 24.3 Å². The lowest BCUT2D eigenvalue weighted by molar-refractivity contribution is 0.450. The van der Waals surface area contributed by atoms with Crippen molar-refractivity contribution in [2.75, 3.05) is 5.43 Å². The fourth-order valence-corrected chi connectivity index (χ4v) is 2.38. The third kappa shape index (κ3) is 2.35. The number of phenolic OH excluding ortho intramolecular Hbond substituents is 2. The molecule has 118 valence electrons. The van der Waals surface area contributed by atoms with Crippen LogP contribution < -0.4 is 5.43 Å². The number of hydrogen-bond donors (Lipinski definition) is 3. The van der Waals surface area contributed by atoms with Gasteiger partial charge in [0.15, 0.2) is 5.82 Å². The minimum absolute atomic E-state index is 0.0148. The predicted octanol–water partition coefficient (Wildman–Crippen LogP) is 2.13. The molecule has 0 amide bonds. The summed E-state index contributed by atoms with van der Waals surface area (Å²) in [6.45, 7) is 0. The second kappa shape index (κ2) is 5.51. The van der Waals surface area contributed by atoms with Crippen LogP contribution in [-0.4, -0.2) is 36.0 Å². The summed E-state index contributed by atoms with van der Waals surface area (Å²) in [4.78, 5) is 4.49. The van der Waals surface area contributed by atoms with Crippen molar-refractivity contribution < 1.29 is 10.2 Å². The van der Waals surface area contributed by atoms with E-state index in [1.54, 1.807) is 12.4 Å². The molecule has 0 radical (unpaired) electrons. The quantitative estimate of drug-likeness (QED) is 0.394. The summed E-state index contributed by atoms with van der Waals surface area (Å²) in [5.41, 5.74) is 5.48. The highest BCUT2D eigenvalue weighted by molar-refractivity contribution is 5.85. The van der Waals surface area contributed by atoms with E-state index in [2.05, 4.69) is 25.7 Å². The third-order valence-electron chi connectivity index (χ3n) is 3.52. The Kier molecular flexibility index (Phi) is 3.20. The summed E-state index contributed by atoms with van der Waals surface area (Å²) in [6.07, 6.45) is 3.04. The molecule has 0 aliphatic rings. The number of aromatic nitrogens is 4. The lowest BCUT2D eigenvalue weighted by Crippen LogP contribution is -1.99. The van der Waals surface area contributed by atoms with Crippen molar-refractivity contribution in [3.8, 4) is 11.5 Å². The van der Waals surface area contributed by atoms with Gasteiger partial charge in [-0.15, -0.1) is 10.2 Å². The van der Waals surface area contributed by atoms with Crippen LogP contribution in [0.4, 0.5) is 5.82 Å². The van der Waals surface area contributed by atoms with Crippen LogP contribution in [-0.2, 0) is 0 Å². The van der Waals surface area contributed by atoms with Gasteiger partial charge in [0.2, 0.25) is 5.65 Å². The maximum atomic E-state index is 9.75. The number of aromatic hydroxyl groups is 2. The molecule has 0 aliphatic carbocycles. The van der Waals surface area contributed by atoms with E-state index in [-0.39, 0.29) is 11.5 Å². The van der Waals surface area contributed by atoms with Gasteiger partial charge in [0, 0.05) is 11.6 Å². The lowest BCUT2D eigenvalue weighted by Gasteiger charge is -2.05. The largest absolute Gasteiger partial charge is 0.508 e. The molecule has 2 aromatic carbocycles. The number of rotatable bonds is 3. The Hall–Kier alpha value is -3.68. The van der Waals surface area contributed by atoms with Crippen molar-refractivity contribution in [3.63, 3.8) is 0 Å². The summed E-state index contributed by atoms with van der Waals surface area (Å²) in [5, 5.41) is 31.1. The molecule has 0 fully saturated rings. The molecule has 0 saturated carbocycles. The molecule has 4 aromatic rings. The van der Waals surface area contributed by atoms with Gasteiger partial charge in [-0.3, -0.25) is 9.83 Å². The molecule has 0 spiro atoms. The second-order valence-corrected chi connectivity index (χ2v) is 5.09. The van der Waals surface area contributed by atoms with E-state index in [0.29, 0.717) is 17.0 Å². The Labute approximate surface area is 135 Å². The van der Waals surface area contributed by atoms with Gasteiger partial charge in [0.05, 0.1) is 17.2 Å². The SMILES string of the molecule is Oc1ccc(/C=N/Nc2nc3ccccc3n3cnnc23)c(O)c1. The van der Waals surface area contributed by atoms with Crippen LogP contribution in [0.2, 0.25) is 0 Å². The van der Waals surface area contributed by atoms with Gasteiger partial charge in [0.25, 0.3) is 0 Å². The van der Waals surface area contributed by atoms with Crippen LogP contribution in [0.25, 0.3) is 16.7 Å². The number of para-hydroxylation sites is 2. The molecule has 2 aromatic heterocycles. The van der Waals surface area contributed by atoms with Crippen LogP contribution in [0.1, 0.15) is 5.56 Å². The molecule has 4 rings (SSSR count). The van der Waals surface area contributed by atoms with Gasteiger partial charge in [0.1, 0.15) is 17.8 Å². The first-order valence-electron chi connectivity index (χ1n) is 7.12. The number of anilines is 1. The Morgan fingerprint density at radius 1 is 1.12 bits per heavy atom. The van der Waals surface area contributed by atoms with Gasteiger partial charge in [-0.2, -0.15) is 5.10 Å². The molecular formula is C16H12N6O2. The average molecular weight is 320 g/mol. The zero-order valence-corrected chi connectivity index (χ0v) is 12.3. The van der Waals surface area contributed by atoms with Crippen molar-refractivity contribution in [3.05, 3.63) is 54.4 Å². The molecular weight excluding hydrogens is 308 g/mol. The Balaban J connectivity index is 1.71. The van der Waals surface area contributed by atoms with Crippen molar-refractivity contribution >= 4 is 28.7 Å². The second-order valence-electron chi connectivity index (χ2n) is 5.09. The zero-order chi connectivity index (χ0) is 16.5.